The maximum Gasteiger partial charge on any atom is 0.133 e. The molecule has 1 saturated carbocycles. The van der Waals surface area contributed by atoms with Crippen LogP contribution in [-0.2, 0) is 10.8 Å². The first-order valence-electron chi connectivity index (χ1n) is 16.4. The predicted octanol–water partition coefficient (Wildman–Crippen LogP) is 9.29. The van der Waals surface area contributed by atoms with Crippen LogP contribution in [0.1, 0.15) is 89.5 Å². The molecule has 2 aromatic heterocycles. The van der Waals surface area contributed by atoms with Crippen molar-refractivity contribution in [3.05, 3.63) is 82.9 Å². The van der Waals surface area contributed by atoms with Crippen LogP contribution in [0.5, 0.6) is 11.5 Å². The molecule has 6 nitrogen and oxygen atoms in total. The Bertz CT molecular complexity index is 1920. The van der Waals surface area contributed by atoms with E-state index in [1.807, 2.05) is 48.8 Å². The molecule has 2 atom stereocenters. The molecule has 234 valence electrons. The minimum absolute atomic E-state index is 0.0251. The van der Waals surface area contributed by atoms with Crippen molar-refractivity contribution in [3.63, 3.8) is 0 Å². The van der Waals surface area contributed by atoms with Gasteiger partial charge in [0.2, 0.25) is 0 Å². The summed E-state index contributed by atoms with van der Waals surface area (Å²) in [5.41, 5.74) is 7.41. The van der Waals surface area contributed by atoms with Gasteiger partial charge in [0.25, 0.3) is 0 Å². The third-order valence-electron chi connectivity index (χ3n) is 9.59. The van der Waals surface area contributed by atoms with E-state index < -0.39 is 0 Å². The lowest BCUT2D eigenvalue weighted by Crippen LogP contribution is -2.27. The quantitative estimate of drug-likeness (QED) is 0.171. The van der Waals surface area contributed by atoms with Gasteiger partial charge in [-0.15, -0.1) is 0 Å². The molecule has 2 N–H and O–H groups in total. The van der Waals surface area contributed by atoms with Crippen molar-refractivity contribution in [3.8, 4) is 34.0 Å². The summed E-state index contributed by atoms with van der Waals surface area (Å²) in [7, 11) is 0. The highest BCUT2D eigenvalue weighted by Crippen LogP contribution is 2.40. The zero-order chi connectivity index (χ0) is 32.4. The lowest BCUT2D eigenvalue weighted by molar-refractivity contribution is 0.390. The van der Waals surface area contributed by atoms with Gasteiger partial charge in [-0.05, 0) is 71.2 Å². The molecule has 0 amide bonds. The van der Waals surface area contributed by atoms with Gasteiger partial charge in [-0.25, -0.2) is 9.97 Å². The number of aromatic nitrogens is 2. The number of fused-ring (bicyclic) bond motifs is 9. The van der Waals surface area contributed by atoms with Crippen molar-refractivity contribution in [1.29, 1.82) is 0 Å². The van der Waals surface area contributed by atoms with Gasteiger partial charge < -0.3 is 10.2 Å². The van der Waals surface area contributed by atoms with E-state index in [2.05, 4.69) is 65.8 Å². The van der Waals surface area contributed by atoms with E-state index in [9.17, 15) is 10.2 Å². The third kappa shape index (κ3) is 5.44. The van der Waals surface area contributed by atoms with E-state index in [1.54, 1.807) is 0 Å². The highest BCUT2D eigenvalue weighted by Gasteiger charge is 2.26. The summed E-state index contributed by atoms with van der Waals surface area (Å²) in [4.78, 5) is 20.4. The lowest BCUT2D eigenvalue weighted by Gasteiger charge is -2.26. The molecule has 3 heterocycles. The number of hydrogen-bond acceptors (Lipinski definition) is 6. The van der Waals surface area contributed by atoms with Crippen molar-refractivity contribution in [2.45, 2.75) is 90.1 Å². The Balaban J connectivity index is 1.56. The molecule has 3 aromatic carbocycles. The van der Waals surface area contributed by atoms with Crippen LogP contribution in [-0.4, -0.2) is 44.7 Å². The van der Waals surface area contributed by atoms with Gasteiger partial charge in [0.05, 0.1) is 34.5 Å². The number of pyridine rings is 2. The molecule has 0 saturated heterocycles. The summed E-state index contributed by atoms with van der Waals surface area (Å²) in [5.74, 6) is 0.341. The molecule has 6 heteroatoms. The Labute approximate surface area is 271 Å². The SMILES string of the molecule is CC(C)(C)c1cc2c(O)c(c1)-c1ccc3ccc4ccc(nc4c3n1)-c1cc(C(C)(C)C)cc(c1O)C=N[C@H]1CCCC[C@@H]1N=C2. The maximum atomic E-state index is 11.7. The monoisotopic (exact) mass is 610 g/mol. The average Bonchev–Trinajstić information content (AvgIpc) is 3.02. The molecule has 1 aliphatic heterocycles. The zero-order valence-corrected chi connectivity index (χ0v) is 27.6. The van der Waals surface area contributed by atoms with Crippen LogP contribution >= 0.6 is 0 Å². The second kappa shape index (κ2) is 11.0. The second-order valence-corrected chi connectivity index (χ2v) is 15.0. The summed E-state index contributed by atoms with van der Waals surface area (Å²) in [6, 6.07) is 20.3. The number of rotatable bonds is 0. The summed E-state index contributed by atoms with van der Waals surface area (Å²) < 4.78 is 0. The smallest absolute Gasteiger partial charge is 0.133 e. The van der Waals surface area contributed by atoms with Crippen LogP contribution in [0.2, 0.25) is 0 Å². The Kier molecular flexibility index (Phi) is 7.22. The first-order valence-corrected chi connectivity index (χ1v) is 16.4. The van der Waals surface area contributed by atoms with E-state index in [-0.39, 0.29) is 34.4 Å². The number of benzene rings is 3. The molecular formula is C40H42N4O2. The van der Waals surface area contributed by atoms with Crippen LogP contribution in [0.3, 0.4) is 0 Å². The third-order valence-corrected chi connectivity index (χ3v) is 9.59. The van der Waals surface area contributed by atoms with E-state index in [0.29, 0.717) is 33.6 Å². The highest BCUT2D eigenvalue weighted by atomic mass is 16.3. The van der Waals surface area contributed by atoms with Gasteiger partial charge in [-0.3, -0.25) is 9.98 Å². The Morgan fingerprint density at radius 2 is 0.957 bits per heavy atom. The van der Waals surface area contributed by atoms with Crippen LogP contribution in [0.4, 0.5) is 0 Å². The number of phenols is 2. The fraction of sp³-hybridized carbons (Fsp3) is 0.350. The first kappa shape index (κ1) is 30.1. The molecule has 7 rings (SSSR count). The van der Waals surface area contributed by atoms with Gasteiger partial charge in [-0.2, -0.15) is 0 Å². The molecule has 46 heavy (non-hydrogen) atoms. The van der Waals surface area contributed by atoms with Gasteiger partial charge in [0, 0.05) is 45.5 Å². The zero-order valence-electron chi connectivity index (χ0n) is 27.6. The first-order chi connectivity index (χ1) is 21.9. The Hall–Kier alpha value is -4.58. The fourth-order valence-corrected chi connectivity index (χ4v) is 6.63. The maximum absolute atomic E-state index is 11.7. The van der Waals surface area contributed by atoms with E-state index in [4.69, 9.17) is 20.0 Å². The van der Waals surface area contributed by atoms with Gasteiger partial charge in [-0.1, -0.05) is 78.6 Å². The molecule has 1 fully saturated rings. The average molecular weight is 611 g/mol. The van der Waals surface area contributed by atoms with E-state index >= 15 is 0 Å². The van der Waals surface area contributed by atoms with E-state index in [1.165, 1.54) is 0 Å². The Morgan fingerprint density at radius 3 is 1.35 bits per heavy atom. The number of hydrogen-bond donors (Lipinski definition) is 2. The summed E-state index contributed by atoms with van der Waals surface area (Å²) in [5, 5.41) is 25.3. The van der Waals surface area contributed by atoms with Crippen molar-refractivity contribution < 1.29 is 10.2 Å². The molecule has 0 spiro atoms. The highest BCUT2D eigenvalue weighted by molar-refractivity contribution is 6.04. The second-order valence-electron chi connectivity index (χ2n) is 15.0. The molecule has 8 bridgehead atoms. The van der Waals surface area contributed by atoms with Crippen molar-refractivity contribution in [1.82, 2.24) is 9.97 Å². The number of aliphatic imine (C=N–C) groups is 2. The molecule has 5 aromatic rings. The lowest BCUT2D eigenvalue weighted by atomic mass is 9.84. The number of phenolic OH excluding ortho intramolecular Hbond substituents is 2. The summed E-state index contributed by atoms with van der Waals surface area (Å²) >= 11 is 0. The molecule has 0 unspecified atom stereocenters. The Morgan fingerprint density at radius 1 is 0.565 bits per heavy atom. The van der Waals surface area contributed by atoms with Gasteiger partial charge in [0.1, 0.15) is 11.5 Å². The van der Waals surface area contributed by atoms with E-state index in [0.717, 1.165) is 58.6 Å². The predicted molar refractivity (Wildman–Crippen MR) is 190 cm³/mol. The van der Waals surface area contributed by atoms with Crippen molar-refractivity contribution >= 4 is 34.2 Å². The van der Waals surface area contributed by atoms with Crippen LogP contribution in [0, 0.1) is 0 Å². The van der Waals surface area contributed by atoms with Crippen LogP contribution in [0.15, 0.2) is 70.6 Å². The summed E-state index contributed by atoms with van der Waals surface area (Å²) in [6.07, 6.45) is 7.66. The fourth-order valence-electron chi connectivity index (χ4n) is 6.63. The van der Waals surface area contributed by atoms with Gasteiger partial charge >= 0.3 is 0 Å². The van der Waals surface area contributed by atoms with Gasteiger partial charge in [0.15, 0.2) is 0 Å². The van der Waals surface area contributed by atoms with Crippen LogP contribution < -0.4 is 0 Å². The molecular weight excluding hydrogens is 568 g/mol. The normalized spacial score (nSPS) is 18.3. The number of aromatic hydroxyl groups is 2. The largest absolute Gasteiger partial charge is 0.507 e. The minimum atomic E-state index is -0.152. The molecule has 2 aliphatic rings. The molecule has 1 aliphatic carbocycles. The van der Waals surface area contributed by atoms with Crippen molar-refractivity contribution in [2.24, 2.45) is 9.98 Å². The topological polar surface area (TPSA) is 91.0 Å². The standard InChI is InChI=1S/C40H42N4O2/c1-39(2,3)27-17-25-21-41-33-9-7-8-10-34(33)42-22-26-18-28(40(4,5)6)20-30(38(26)46)32-16-14-24-12-11-23-13-15-31(29(19-27)37(25)45)43-35(23)36(24)44-32/h11-22,33-34,45-46H,7-10H2,1-6H3/t33-,34-/m0/s1. The van der Waals surface area contributed by atoms with Crippen molar-refractivity contribution in [2.75, 3.05) is 0 Å². The summed E-state index contributed by atoms with van der Waals surface area (Å²) in [6.45, 7) is 13.1. The number of nitrogens with zero attached hydrogens (tertiary/aromatic N) is 4. The van der Waals surface area contributed by atoms with Crippen LogP contribution in [0.25, 0.3) is 44.3 Å². The minimum Gasteiger partial charge on any atom is -0.507 e. The molecule has 0 radical (unpaired) electrons.